The van der Waals surface area contributed by atoms with E-state index in [1.54, 1.807) is 0 Å². The summed E-state index contributed by atoms with van der Waals surface area (Å²) >= 11 is 0. The summed E-state index contributed by atoms with van der Waals surface area (Å²) in [4.78, 5) is 23.7. The molecule has 0 saturated heterocycles. The smallest absolute Gasteiger partial charge is 0.328 e. The number of hydroxylamine groups is 7. The molecule has 0 aliphatic carbocycles. The van der Waals surface area contributed by atoms with E-state index in [1.807, 2.05) is 0 Å². The average Bonchev–Trinajstić information content (AvgIpc) is 2.63. The molecular formula is C10H22F2N6O6. The van der Waals surface area contributed by atoms with Gasteiger partial charge in [0.05, 0.1) is 33.7 Å². The molecule has 12 nitrogen and oxygen atoms in total. The second-order valence-corrected chi connectivity index (χ2v) is 4.15. The van der Waals surface area contributed by atoms with Crippen molar-refractivity contribution in [3.05, 3.63) is 0 Å². The highest BCUT2D eigenvalue weighted by atomic mass is 19.2. The van der Waals surface area contributed by atoms with Gasteiger partial charge in [-0.3, -0.25) is 19.4 Å². The van der Waals surface area contributed by atoms with Crippen molar-refractivity contribution in [2.24, 2.45) is 4.99 Å². The fourth-order valence-electron chi connectivity index (χ4n) is 2.24. The first-order chi connectivity index (χ1) is 11.4. The lowest BCUT2D eigenvalue weighted by molar-refractivity contribution is -0.572. The summed E-state index contributed by atoms with van der Waals surface area (Å²) in [7, 11) is 8.35. The van der Waals surface area contributed by atoms with Crippen LogP contribution in [0, 0.1) is 0 Å². The minimum atomic E-state index is -2.46. The zero-order valence-electron chi connectivity index (χ0n) is 14.4. The summed E-state index contributed by atoms with van der Waals surface area (Å²) in [6.45, 7) is 0. The van der Waals surface area contributed by atoms with Gasteiger partial charge in [0.1, 0.15) is 0 Å². The van der Waals surface area contributed by atoms with Crippen LogP contribution in [0.3, 0.4) is 0 Å². The minimum Gasteiger partial charge on any atom is -0.328 e. The van der Waals surface area contributed by atoms with E-state index in [2.05, 4.69) is 9.83 Å². The van der Waals surface area contributed by atoms with Gasteiger partial charge in [-0.1, -0.05) is 4.48 Å². The van der Waals surface area contributed by atoms with E-state index >= 15 is 0 Å². The molecule has 1 heterocycles. The van der Waals surface area contributed by atoms with Gasteiger partial charge in [-0.05, 0) is 5.06 Å². The number of halogens is 2. The molecule has 0 saturated carbocycles. The normalized spacial score (nSPS) is 28.6. The van der Waals surface area contributed by atoms with Crippen LogP contribution in [0.5, 0.6) is 0 Å². The Bertz CT molecular complexity index is 450. The van der Waals surface area contributed by atoms with Crippen LogP contribution in [0.4, 0.5) is 8.96 Å². The second kappa shape index (κ2) is 8.24. The molecule has 0 bridgehead atoms. The number of hydrogen-bond donors (Lipinski definition) is 1. The zero-order valence-corrected chi connectivity index (χ0v) is 14.4. The number of aliphatic imine (C=N–C) groups is 1. The molecule has 1 rings (SSSR count). The van der Waals surface area contributed by atoms with Gasteiger partial charge in [-0.15, -0.1) is 9.54 Å². The Morgan fingerprint density at radius 3 is 2.00 bits per heavy atom. The number of methoxy groups -OCH3 is 2. The van der Waals surface area contributed by atoms with Gasteiger partial charge in [-0.25, -0.2) is 0 Å². The van der Waals surface area contributed by atoms with Crippen molar-refractivity contribution in [3.63, 3.8) is 0 Å². The number of guanidine groups is 1. The maximum atomic E-state index is 14.4. The Morgan fingerprint density at radius 2 is 1.67 bits per heavy atom. The summed E-state index contributed by atoms with van der Waals surface area (Å²) in [6, 6.07) is 0. The van der Waals surface area contributed by atoms with Gasteiger partial charge in [0.15, 0.2) is 0 Å². The molecule has 0 aromatic heterocycles. The van der Waals surface area contributed by atoms with Gasteiger partial charge in [0.2, 0.25) is 0 Å². The molecule has 1 aliphatic rings. The molecule has 0 amide bonds. The molecule has 0 aromatic rings. The van der Waals surface area contributed by atoms with Crippen LogP contribution >= 0.6 is 0 Å². The lowest BCUT2D eigenvalue weighted by atomic mass is 10.4. The summed E-state index contributed by atoms with van der Waals surface area (Å²) in [5, 5.41) is 2.22. The predicted octanol–water partition coefficient (Wildman–Crippen LogP) is -0.687. The monoisotopic (exact) mass is 360 g/mol. The topological polar surface area (TPSA) is 92.7 Å². The van der Waals surface area contributed by atoms with Crippen LogP contribution in [-0.2, 0) is 28.8 Å². The highest BCUT2D eigenvalue weighted by Crippen LogP contribution is 2.40. The quantitative estimate of drug-likeness (QED) is 0.339. The lowest BCUT2D eigenvalue weighted by Gasteiger charge is -2.55. The van der Waals surface area contributed by atoms with Gasteiger partial charge < -0.3 is 9.47 Å². The zero-order chi connectivity index (χ0) is 18.5. The van der Waals surface area contributed by atoms with Crippen LogP contribution in [0.1, 0.15) is 0 Å². The maximum Gasteiger partial charge on any atom is 0.365 e. The molecule has 0 fully saturated rings. The SMILES string of the molecule is CON(F)C1(OC)N=C(NF)N(OC)C(OC)(N(C)OC)N1OC. The molecule has 2 atom stereocenters. The van der Waals surface area contributed by atoms with Crippen LogP contribution in [0.15, 0.2) is 4.99 Å². The Kier molecular flexibility index (Phi) is 7.14. The first-order valence-electron chi connectivity index (χ1n) is 6.43. The van der Waals surface area contributed by atoms with Gasteiger partial charge in [0.25, 0.3) is 5.96 Å². The van der Waals surface area contributed by atoms with E-state index in [0.717, 1.165) is 29.4 Å². The van der Waals surface area contributed by atoms with Crippen LogP contribution in [0.2, 0.25) is 0 Å². The lowest BCUT2D eigenvalue weighted by Crippen LogP contribution is -2.81. The third-order valence-corrected chi connectivity index (χ3v) is 3.31. The van der Waals surface area contributed by atoms with Crippen molar-refractivity contribution in [1.29, 1.82) is 0 Å². The minimum absolute atomic E-state index is 0.321. The summed E-state index contributed by atoms with van der Waals surface area (Å²) in [6.07, 6.45) is 0. The van der Waals surface area contributed by atoms with E-state index in [9.17, 15) is 8.96 Å². The standard InChI is InChI=1S/C10H22F2N6O6/c1-15(21-4)10(20-3)16(22-5)8(14-11)13-9(19-2,17(10)23-6)18(12)24-7/h1-7H3,(H,13,14). The van der Waals surface area contributed by atoms with Crippen LogP contribution in [-0.4, -0.2) is 88.1 Å². The number of rotatable bonds is 8. The molecule has 1 N–H and O–H groups in total. The first-order valence-corrected chi connectivity index (χ1v) is 6.43. The van der Waals surface area contributed by atoms with Crippen LogP contribution in [0.25, 0.3) is 0 Å². The third-order valence-electron chi connectivity index (χ3n) is 3.31. The Hall–Kier alpha value is -1.23. The van der Waals surface area contributed by atoms with Crippen molar-refractivity contribution in [2.45, 2.75) is 11.9 Å². The molecule has 2 unspecified atom stereocenters. The number of ether oxygens (including phenoxy) is 2. The van der Waals surface area contributed by atoms with Crippen molar-refractivity contribution in [2.75, 3.05) is 49.7 Å². The molecule has 24 heavy (non-hydrogen) atoms. The Balaban J connectivity index is 3.75. The molecule has 0 aromatic carbocycles. The maximum absolute atomic E-state index is 14.4. The molecule has 14 heteroatoms. The molecule has 142 valence electrons. The summed E-state index contributed by atoms with van der Waals surface area (Å²) in [5.41, 5.74) is 1.26. The number of hydrogen-bond acceptors (Lipinski definition) is 12. The van der Waals surface area contributed by atoms with Crippen molar-refractivity contribution in [3.8, 4) is 0 Å². The van der Waals surface area contributed by atoms with E-state index in [1.165, 1.54) is 41.0 Å². The second-order valence-electron chi connectivity index (χ2n) is 4.15. The molecule has 0 radical (unpaired) electrons. The highest BCUT2D eigenvalue weighted by Gasteiger charge is 2.67. The fourth-order valence-corrected chi connectivity index (χ4v) is 2.24. The van der Waals surface area contributed by atoms with Gasteiger partial charge >= 0.3 is 11.9 Å². The highest BCUT2D eigenvalue weighted by molar-refractivity contribution is 5.79. The number of nitrogens with zero attached hydrogens (tertiary/aromatic N) is 5. The Morgan fingerprint density at radius 1 is 1.04 bits per heavy atom. The summed E-state index contributed by atoms with van der Waals surface area (Å²) < 4.78 is 38.3. The van der Waals surface area contributed by atoms with E-state index in [4.69, 9.17) is 24.0 Å². The van der Waals surface area contributed by atoms with Crippen molar-refractivity contribution < 1.29 is 37.8 Å². The van der Waals surface area contributed by atoms with E-state index in [0.29, 0.717) is 0 Å². The first kappa shape index (κ1) is 20.8. The van der Waals surface area contributed by atoms with Gasteiger partial charge in [-0.2, -0.15) is 15.6 Å². The van der Waals surface area contributed by atoms with Crippen molar-refractivity contribution in [1.82, 2.24) is 26.0 Å². The van der Waals surface area contributed by atoms with Crippen molar-refractivity contribution >= 4 is 5.96 Å². The fraction of sp³-hybridized carbons (Fsp3) is 0.900. The van der Waals surface area contributed by atoms with Gasteiger partial charge in [0, 0.05) is 21.3 Å². The Labute approximate surface area is 137 Å². The predicted molar refractivity (Wildman–Crippen MR) is 73.6 cm³/mol. The summed E-state index contributed by atoms with van der Waals surface area (Å²) in [5.74, 6) is -5.12. The molecule has 0 spiro atoms. The third kappa shape index (κ3) is 2.81. The average molecular weight is 360 g/mol. The van der Waals surface area contributed by atoms with Crippen LogP contribution < -0.4 is 5.54 Å². The van der Waals surface area contributed by atoms with E-state index < -0.39 is 17.9 Å². The molecular weight excluding hydrogens is 338 g/mol. The molecule has 1 aliphatic heterocycles. The largest absolute Gasteiger partial charge is 0.365 e. The van der Waals surface area contributed by atoms with E-state index in [-0.39, 0.29) is 5.29 Å². The number of nitrogens with one attached hydrogen (secondary N) is 1.